The Bertz CT molecular complexity index is 1220. The first-order valence-corrected chi connectivity index (χ1v) is 8.78. The van der Waals surface area contributed by atoms with Crippen molar-refractivity contribution in [3.8, 4) is 16.9 Å². The maximum atomic E-state index is 11.2. The molecule has 4 aromatic rings. The van der Waals surface area contributed by atoms with E-state index in [1.807, 2.05) is 13.8 Å². The van der Waals surface area contributed by atoms with Gasteiger partial charge in [0.1, 0.15) is 11.5 Å². The van der Waals surface area contributed by atoms with E-state index in [0.717, 1.165) is 5.56 Å². The Morgan fingerprint density at radius 1 is 1.15 bits per heavy atom. The molecule has 7 nitrogen and oxygen atoms in total. The van der Waals surface area contributed by atoms with Crippen molar-refractivity contribution in [1.82, 2.24) is 19.4 Å². The van der Waals surface area contributed by atoms with Crippen molar-refractivity contribution in [2.24, 2.45) is 0 Å². The highest BCUT2D eigenvalue weighted by molar-refractivity contribution is 6.36. The highest BCUT2D eigenvalue weighted by atomic mass is 35.5. The van der Waals surface area contributed by atoms with Crippen LogP contribution >= 0.6 is 23.2 Å². The second-order valence-electron chi connectivity index (χ2n) is 6.17. The van der Waals surface area contributed by atoms with Crippen LogP contribution in [0, 0.1) is 20.8 Å². The van der Waals surface area contributed by atoms with E-state index in [1.54, 1.807) is 29.6 Å². The van der Waals surface area contributed by atoms with Crippen molar-refractivity contribution in [2.75, 3.05) is 0 Å². The predicted octanol–water partition coefficient (Wildman–Crippen LogP) is 4.71. The summed E-state index contributed by atoms with van der Waals surface area (Å²) in [7, 11) is 0. The lowest BCUT2D eigenvalue weighted by Crippen LogP contribution is -2.03. The number of rotatable bonds is 3. The van der Waals surface area contributed by atoms with Gasteiger partial charge in [-0.1, -0.05) is 23.2 Å². The molecule has 138 valence electrons. The molecule has 0 aliphatic heterocycles. The van der Waals surface area contributed by atoms with E-state index in [2.05, 4.69) is 10.2 Å². The molecular weight excluding hydrogens is 391 g/mol. The summed E-state index contributed by atoms with van der Waals surface area (Å²) in [5.41, 5.74) is 3.72. The summed E-state index contributed by atoms with van der Waals surface area (Å²) >= 11 is 12.4. The van der Waals surface area contributed by atoms with Crippen molar-refractivity contribution < 1.29 is 14.3 Å². The minimum Gasteiger partial charge on any atom is -0.476 e. The average molecular weight is 405 g/mol. The molecule has 0 atom stereocenters. The number of carboxylic acids is 1. The number of hydrogen-bond acceptors (Lipinski definition) is 4. The van der Waals surface area contributed by atoms with Gasteiger partial charge >= 0.3 is 5.97 Å². The molecule has 9 heteroatoms. The maximum Gasteiger partial charge on any atom is 0.356 e. The molecule has 0 bridgehead atoms. The quantitative estimate of drug-likeness (QED) is 0.534. The number of nitrogens with zero attached hydrogens (tertiary/aromatic N) is 4. The Kier molecular flexibility index (Phi) is 4.01. The second kappa shape index (κ2) is 6.14. The summed E-state index contributed by atoms with van der Waals surface area (Å²) in [4.78, 5) is 11.2. The molecule has 0 unspecified atom stereocenters. The summed E-state index contributed by atoms with van der Waals surface area (Å²) in [6.45, 7) is 5.39. The van der Waals surface area contributed by atoms with Gasteiger partial charge in [0.05, 0.1) is 10.7 Å². The van der Waals surface area contributed by atoms with E-state index in [1.165, 1.54) is 10.7 Å². The first-order valence-electron chi connectivity index (χ1n) is 8.02. The van der Waals surface area contributed by atoms with E-state index < -0.39 is 5.97 Å². The van der Waals surface area contributed by atoms with Gasteiger partial charge in [0.25, 0.3) is 0 Å². The molecule has 0 amide bonds. The third kappa shape index (κ3) is 2.70. The highest BCUT2D eigenvalue weighted by Crippen LogP contribution is 2.36. The molecule has 0 radical (unpaired) electrons. The van der Waals surface area contributed by atoms with E-state index in [0.29, 0.717) is 44.3 Å². The molecule has 1 N–H and O–H groups in total. The molecule has 0 fully saturated rings. The number of halogens is 2. The number of carbonyl (C=O) groups is 1. The van der Waals surface area contributed by atoms with E-state index >= 15 is 0 Å². The Hall–Kier alpha value is -2.77. The summed E-state index contributed by atoms with van der Waals surface area (Å²) in [5.74, 6) is -0.478. The van der Waals surface area contributed by atoms with E-state index in [-0.39, 0.29) is 5.69 Å². The van der Waals surface area contributed by atoms with Crippen molar-refractivity contribution >= 4 is 34.9 Å². The van der Waals surface area contributed by atoms with Crippen LogP contribution in [0.2, 0.25) is 10.0 Å². The van der Waals surface area contributed by atoms with Gasteiger partial charge < -0.3 is 9.52 Å². The number of hydrogen-bond donors (Lipinski definition) is 1. The van der Waals surface area contributed by atoms with Gasteiger partial charge in [0.15, 0.2) is 11.4 Å². The van der Waals surface area contributed by atoms with Crippen molar-refractivity contribution in [3.05, 3.63) is 57.2 Å². The number of fused-ring (bicyclic) bond motifs is 1. The minimum atomic E-state index is -1.10. The van der Waals surface area contributed by atoms with Crippen LogP contribution in [0.15, 0.2) is 28.7 Å². The molecule has 27 heavy (non-hydrogen) atoms. The normalized spacial score (nSPS) is 11.4. The number of aryl methyl sites for hydroxylation is 3. The highest BCUT2D eigenvalue weighted by Gasteiger charge is 2.25. The van der Waals surface area contributed by atoms with Crippen molar-refractivity contribution in [2.45, 2.75) is 20.8 Å². The Balaban J connectivity index is 1.99. The fourth-order valence-corrected chi connectivity index (χ4v) is 3.62. The molecule has 3 heterocycles. The van der Waals surface area contributed by atoms with E-state index in [4.69, 9.17) is 27.6 Å². The molecular formula is C18H14Cl2N4O3. The SMILES string of the molecule is Cc1nn2c(-c3ccc(Cl)cc3Cl)c(C)oc2c1-n1nc(C(=O)O)cc1C. The first-order chi connectivity index (χ1) is 12.8. The summed E-state index contributed by atoms with van der Waals surface area (Å²) < 4.78 is 9.14. The first kappa shape index (κ1) is 17.6. The maximum absolute atomic E-state index is 11.2. The van der Waals surface area contributed by atoms with Gasteiger partial charge in [-0.25, -0.2) is 9.48 Å². The lowest BCUT2D eigenvalue weighted by molar-refractivity contribution is 0.0690. The van der Waals surface area contributed by atoms with Gasteiger partial charge in [-0.2, -0.15) is 14.7 Å². The molecule has 0 saturated heterocycles. The zero-order valence-corrected chi connectivity index (χ0v) is 16.1. The van der Waals surface area contributed by atoms with Crippen LogP contribution in [-0.2, 0) is 0 Å². The zero-order valence-electron chi connectivity index (χ0n) is 14.6. The third-order valence-corrected chi connectivity index (χ3v) is 4.84. The number of aromatic carboxylic acids is 1. The van der Waals surface area contributed by atoms with Crippen molar-refractivity contribution in [1.29, 1.82) is 0 Å². The topological polar surface area (TPSA) is 85.6 Å². The fourth-order valence-electron chi connectivity index (χ4n) is 3.12. The van der Waals surface area contributed by atoms with Crippen LogP contribution in [0.3, 0.4) is 0 Å². The Morgan fingerprint density at radius 2 is 1.89 bits per heavy atom. The summed E-state index contributed by atoms with van der Waals surface area (Å²) in [6, 6.07) is 6.71. The van der Waals surface area contributed by atoms with E-state index in [9.17, 15) is 9.90 Å². The minimum absolute atomic E-state index is 0.0458. The fraction of sp³-hybridized carbons (Fsp3) is 0.167. The molecule has 1 aromatic carbocycles. The lowest BCUT2D eigenvalue weighted by atomic mass is 10.1. The monoisotopic (exact) mass is 404 g/mol. The number of oxazole rings is 1. The number of aromatic nitrogens is 4. The van der Waals surface area contributed by atoms with Gasteiger partial charge in [0.2, 0.25) is 5.71 Å². The Labute approximate surface area is 163 Å². The molecule has 0 aliphatic carbocycles. The van der Waals surface area contributed by atoms with Crippen LogP contribution in [0.4, 0.5) is 0 Å². The zero-order chi connectivity index (χ0) is 19.5. The Morgan fingerprint density at radius 3 is 2.52 bits per heavy atom. The predicted molar refractivity (Wildman–Crippen MR) is 101 cm³/mol. The average Bonchev–Trinajstić information content (AvgIpc) is 3.19. The van der Waals surface area contributed by atoms with Crippen molar-refractivity contribution in [3.63, 3.8) is 0 Å². The van der Waals surface area contributed by atoms with Gasteiger partial charge in [-0.15, -0.1) is 0 Å². The van der Waals surface area contributed by atoms with Gasteiger partial charge in [0, 0.05) is 16.3 Å². The standard InChI is InChI=1S/C18H14Cl2N4O3/c1-8-6-14(18(25)26)22-23(8)15-9(2)21-24-16(10(3)27-17(15)24)12-5-4-11(19)7-13(12)20/h4-7H,1-3H3,(H,25,26). The van der Waals surface area contributed by atoms with Crippen LogP contribution in [0.25, 0.3) is 22.7 Å². The molecule has 0 spiro atoms. The molecule has 4 rings (SSSR count). The largest absolute Gasteiger partial charge is 0.476 e. The smallest absolute Gasteiger partial charge is 0.356 e. The number of carboxylic acid groups (broad SMARTS) is 1. The van der Waals surface area contributed by atoms with Crippen LogP contribution in [-0.4, -0.2) is 30.5 Å². The molecule has 0 saturated carbocycles. The van der Waals surface area contributed by atoms with Gasteiger partial charge in [-0.05, 0) is 45.0 Å². The van der Waals surface area contributed by atoms with Crippen LogP contribution < -0.4 is 0 Å². The summed E-state index contributed by atoms with van der Waals surface area (Å²) in [6.07, 6.45) is 0. The molecule has 0 aliphatic rings. The second-order valence-corrected chi connectivity index (χ2v) is 7.01. The molecule has 3 aromatic heterocycles. The number of benzene rings is 1. The van der Waals surface area contributed by atoms with Crippen LogP contribution in [0.5, 0.6) is 0 Å². The van der Waals surface area contributed by atoms with Gasteiger partial charge in [-0.3, -0.25) is 0 Å². The summed E-state index contributed by atoms with van der Waals surface area (Å²) in [5, 5.41) is 19.0. The lowest BCUT2D eigenvalue weighted by Gasteiger charge is -2.03. The van der Waals surface area contributed by atoms with Crippen LogP contribution in [0.1, 0.15) is 27.6 Å². The third-order valence-electron chi connectivity index (χ3n) is 4.29.